The zero-order valence-corrected chi connectivity index (χ0v) is 14.1. The van der Waals surface area contributed by atoms with Crippen LogP contribution in [0.4, 0.5) is 0 Å². The lowest BCUT2D eigenvalue weighted by Gasteiger charge is -2.25. The molecule has 2 aromatic rings. The van der Waals surface area contributed by atoms with Gasteiger partial charge in [-0.3, -0.25) is 4.79 Å². The number of rotatable bonds is 4. The molecule has 0 saturated heterocycles. The van der Waals surface area contributed by atoms with E-state index in [1.807, 2.05) is 24.3 Å². The number of hydrogen-bond acceptors (Lipinski definition) is 4. The number of fused-ring (bicyclic) bond motifs is 2. The number of aliphatic hydroxyl groups is 1. The van der Waals surface area contributed by atoms with Crippen molar-refractivity contribution < 1.29 is 19.4 Å². The lowest BCUT2D eigenvalue weighted by atomic mass is 9.96. The topological polar surface area (TPSA) is 55.8 Å². The van der Waals surface area contributed by atoms with Crippen molar-refractivity contribution in [1.29, 1.82) is 0 Å². The monoisotopic (exact) mass is 336 g/mol. The molecule has 2 aromatic carbocycles. The molecule has 1 N–H and O–H groups in total. The van der Waals surface area contributed by atoms with Gasteiger partial charge in [0.15, 0.2) is 0 Å². The van der Waals surface area contributed by atoms with Crippen LogP contribution in [-0.2, 0) is 23.4 Å². The van der Waals surface area contributed by atoms with Gasteiger partial charge < -0.3 is 14.6 Å². The zero-order valence-electron chi connectivity index (χ0n) is 14.1. The van der Waals surface area contributed by atoms with E-state index in [0.717, 1.165) is 36.0 Å². The van der Waals surface area contributed by atoms with E-state index >= 15 is 0 Å². The van der Waals surface area contributed by atoms with Crippen LogP contribution in [0.1, 0.15) is 35.6 Å². The third-order valence-electron chi connectivity index (χ3n) is 4.73. The van der Waals surface area contributed by atoms with Gasteiger partial charge in [-0.05, 0) is 30.2 Å². The standard InChI is InChI=1S/C21H20O4/c1-2-3-14-4-5-17-11-21(23,25-20(17)9-14)18-7-6-16-8-15(12-22)13-24-19(16)10-18/h4-10,12,23H,2-3,11,13H2,1H3. The van der Waals surface area contributed by atoms with Gasteiger partial charge in [-0.15, -0.1) is 0 Å². The lowest BCUT2D eigenvalue weighted by Crippen LogP contribution is -2.30. The van der Waals surface area contributed by atoms with Gasteiger partial charge in [0.2, 0.25) is 5.79 Å². The van der Waals surface area contributed by atoms with Crippen LogP contribution >= 0.6 is 0 Å². The summed E-state index contributed by atoms with van der Waals surface area (Å²) >= 11 is 0. The average Bonchev–Trinajstić information content (AvgIpc) is 2.98. The number of hydrogen-bond donors (Lipinski definition) is 1. The largest absolute Gasteiger partial charge is 0.488 e. The third-order valence-corrected chi connectivity index (χ3v) is 4.73. The molecule has 128 valence electrons. The van der Waals surface area contributed by atoms with Crippen LogP contribution in [0.5, 0.6) is 11.5 Å². The molecule has 0 amide bonds. The van der Waals surface area contributed by atoms with Gasteiger partial charge in [0, 0.05) is 28.7 Å². The van der Waals surface area contributed by atoms with Gasteiger partial charge in [0.25, 0.3) is 0 Å². The first-order valence-electron chi connectivity index (χ1n) is 8.57. The molecule has 4 nitrogen and oxygen atoms in total. The predicted octanol–water partition coefficient (Wildman–Crippen LogP) is 3.39. The maximum Gasteiger partial charge on any atom is 0.239 e. The fourth-order valence-corrected chi connectivity index (χ4v) is 3.41. The van der Waals surface area contributed by atoms with Crippen molar-refractivity contribution in [1.82, 2.24) is 0 Å². The summed E-state index contributed by atoms with van der Waals surface area (Å²) in [6.07, 6.45) is 5.08. The third kappa shape index (κ3) is 2.83. The molecule has 0 bridgehead atoms. The van der Waals surface area contributed by atoms with E-state index in [2.05, 4.69) is 13.0 Å². The Hall–Kier alpha value is -2.59. The summed E-state index contributed by atoms with van der Waals surface area (Å²) in [5.74, 6) is 0.0122. The fraction of sp³-hybridized carbons (Fsp3) is 0.286. The molecular weight excluding hydrogens is 316 g/mol. The first-order valence-corrected chi connectivity index (χ1v) is 8.57. The van der Waals surface area contributed by atoms with Crippen molar-refractivity contribution in [2.45, 2.75) is 32.0 Å². The van der Waals surface area contributed by atoms with Crippen molar-refractivity contribution in [3.8, 4) is 11.5 Å². The second-order valence-corrected chi connectivity index (χ2v) is 6.63. The van der Waals surface area contributed by atoms with E-state index in [0.29, 0.717) is 23.3 Å². The summed E-state index contributed by atoms with van der Waals surface area (Å²) in [7, 11) is 0. The van der Waals surface area contributed by atoms with Crippen molar-refractivity contribution in [2.24, 2.45) is 0 Å². The van der Waals surface area contributed by atoms with E-state index in [9.17, 15) is 9.90 Å². The minimum absolute atomic E-state index is 0.250. The minimum atomic E-state index is -1.39. The van der Waals surface area contributed by atoms with Crippen LogP contribution in [0.15, 0.2) is 42.0 Å². The van der Waals surface area contributed by atoms with E-state index in [1.165, 1.54) is 5.56 Å². The summed E-state index contributed by atoms with van der Waals surface area (Å²) in [4.78, 5) is 10.9. The smallest absolute Gasteiger partial charge is 0.239 e. The molecule has 1 unspecified atom stereocenters. The summed E-state index contributed by atoms with van der Waals surface area (Å²) in [5, 5.41) is 11.1. The highest BCUT2D eigenvalue weighted by Crippen LogP contribution is 2.42. The Morgan fingerprint density at radius 1 is 1.20 bits per heavy atom. The van der Waals surface area contributed by atoms with Gasteiger partial charge in [-0.25, -0.2) is 0 Å². The SMILES string of the molecule is CCCc1ccc2c(c1)OC(O)(c1ccc3c(c1)OCC(C=O)=C3)C2. The van der Waals surface area contributed by atoms with E-state index < -0.39 is 5.79 Å². The van der Waals surface area contributed by atoms with Crippen molar-refractivity contribution in [2.75, 3.05) is 6.61 Å². The number of benzene rings is 2. The summed E-state index contributed by atoms with van der Waals surface area (Å²) in [6.45, 7) is 2.39. The molecule has 1 atom stereocenters. The molecule has 0 fully saturated rings. The molecule has 0 aliphatic carbocycles. The maximum absolute atomic E-state index is 11.1. The highest BCUT2D eigenvalue weighted by molar-refractivity contribution is 5.84. The first kappa shape index (κ1) is 15.9. The molecule has 2 aliphatic heterocycles. The van der Waals surface area contributed by atoms with Crippen molar-refractivity contribution >= 4 is 12.4 Å². The predicted molar refractivity (Wildman–Crippen MR) is 94.6 cm³/mol. The minimum Gasteiger partial charge on any atom is -0.488 e. The molecule has 0 spiro atoms. The number of aldehydes is 1. The Morgan fingerprint density at radius 2 is 2.08 bits per heavy atom. The summed E-state index contributed by atoms with van der Waals surface area (Å²) in [5.41, 5.74) is 4.31. The van der Waals surface area contributed by atoms with Crippen LogP contribution in [0, 0.1) is 0 Å². The van der Waals surface area contributed by atoms with Gasteiger partial charge in [0.1, 0.15) is 24.4 Å². The molecule has 4 rings (SSSR count). The second kappa shape index (κ2) is 6.05. The Kier molecular flexibility index (Phi) is 3.85. The maximum atomic E-state index is 11.1. The Morgan fingerprint density at radius 3 is 2.88 bits per heavy atom. The zero-order chi connectivity index (χ0) is 17.4. The molecular formula is C21H20O4. The molecule has 2 heterocycles. The Balaban J connectivity index is 1.64. The van der Waals surface area contributed by atoms with Gasteiger partial charge >= 0.3 is 0 Å². The van der Waals surface area contributed by atoms with Gasteiger partial charge in [-0.2, -0.15) is 0 Å². The van der Waals surface area contributed by atoms with Crippen LogP contribution in [0.2, 0.25) is 0 Å². The van der Waals surface area contributed by atoms with Gasteiger partial charge in [-0.1, -0.05) is 37.6 Å². The average molecular weight is 336 g/mol. The van der Waals surface area contributed by atoms with Crippen LogP contribution < -0.4 is 9.47 Å². The lowest BCUT2D eigenvalue weighted by molar-refractivity contribution is -0.129. The normalized spacial score (nSPS) is 20.8. The van der Waals surface area contributed by atoms with Crippen LogP contribution in [0.3, 0.4) is 0 Å². The fourth-order valence-electron chi connectivity index (χ4n) is 3.41. The molecule has 0 radical (unpaired) electrons. The molecule has 2 aliphatic rings. The number of aryl methyl sites for hydroxylation is 1. The Bertz CT molecular complexity index is 868. The van der Waals surface area contributed by atoms with Crippen molar-refractivity contribution in [3.63, 3.8) is 0 Å². The van der Waals surface area contributed by atoms with E-state index in [4.69, 9.17) is 9.47 Å². The van der Waals surface area contributed by atoms with E-state index in [1.54, 1.807) is 12.1 Å². The second-order valence-electron chi connectivity index (χ2n) is 6.63. The molecule has 4 heteroatoms. The molecule has 25 heavy (non-hydrogen) atoms. The first-order chi connectivity index (χ1) is 12.1. The van der Waals surface area contributed by atoms with Crippen molar-refractivity contribution in [3.05, 3.63) is 64.2 Å². The number of carbonyl (C=O) groups excluding carboxylic acids is 1. The van der Waals surface area contributed by atoms with Gasteiger partial charge in [0.05, 0.1) is 0 Å². The van der Waals surface area contributed by atoms with E-state index in [-0.39, 0.29) is 6.61 Å². The Labute approximate surface area is 146 Å². The summed E-state index contributed by atoms with van der Waals surface area (Å²) in [6, 6.07) is 11.6. The van der Waals surface area contributed by atoms with Crippen LogP contribution in [-0.4, -0.2) is 18.0 Å². The number of ether oxygens (including phenoxy) is 2. The highest BCUT2D eigenvalue weighted by atomic mass is 16.6. The quantitative estimate of drug-likeness (QED) is 0.870. The molecule has 0 saturated carbocycles. The molecule has 0 aromatic heterocycles. The highest BCUT2D eigenvalue weighted by Gasteiger charge is 2.39. The van der Waals surface area contributed by atoms with Crippen LogP contribution in [0.25, 0.3) is 6.08 Å². The number of carbonyl (C=O) groups is 1. The summed E-state index contributed by atoms with van der Waals surface area (Å²) < 4.78 is 11.6.